The zero-order valence-corrected chi connectivity index (χ0v) is 8.39. The Morgan fingerprint density at radius 2 is 1.92 bits per heavy atom. The Morgan fingerprint density at radius 3 is 2.31 bits per heavy atom. The van der Waals surface area contributed by atoms with E-state index in [1.807, 2.05) is 13.8 Å². The number of carbonyl (C=O) groups is 1. The molecule has 0 saturated heterocycles. The standard InChI is InChI=1S/C8H17N3O2/c1-4-11(5-2)8(12)10-7(9)13-6-3/h4-6H2,1-3H3,(H2,9,10,12). The Morgan fingerprint density at radius 1 is 1.38 bits per heavy atom. The molecule has 2 N–H and O–H groups in total. The minimum absolute atomic E-state index is 0.195. The summed E-state index contributed by atoms with van der Waals surface area (Å²) in [6.45, 7) is 7.17. The third-order valence-corrected chi connectivity index (χ3v) is 1.56. The summed E-state index contributed by atoms with van der Waals surface area (Å²) < 4.78 is 4.78. The Balaban J connectivity index is 3.90. The monoisotopic (exact) mass is 187 g/mol. The van der Waals surface area contributed by atoms with Gasteiger partial charge in [-0.1, -0.05) is 0 Å². The number of nitrogens with one attached hydrogen (secondary N) is 2. The van der Waals surface area contributed by atoms with Gasteiger partial charge in [0.05, 0.1) is 6.61 Å². The van der Waals surface area contributed by atoms with Gasteiger partial charge in [-0.2, -0.15) is 0 Å². The molecular formula is C8H17N3O2. The van der Waals surface area contributed by atoms with E-state index in [1.54, 1.807) is 11.8 Å². The van der Waals surface area contributed by atoms with E-state index in [9.17, 15) is 4.79 Å². The van der Waals surface area contributed by atoms with Crippen LogP contribution in [-0.2, 0) is 4.74 Å². The maximum atomic E-state index is 11.3. The van der Waals surface area contributed by atoms with Crippen molar-refractivity contribution in [2.45, 2.75) is 20.8 Å². The van der Waals surface area contributed by atoms with Crippen molar-refractivity contribution in [2.24, 2.45) is 0 Å². The lowest BCUT2D eigenvalue weighted by Gasteiger charge is -2.18. The number of hydrogen-bond acceptors (Lipinski definition) is 3. The van der Waals surface area contributed by atoms with Crippen molar-refractivity contribution in [1.82, 2.24) is 10.2 Å². The number of ether oxygens (including phenoxy) is 1. The van der Waals surface area contributed by atoms with Gasteiger partial charge in [0.2, 0.25) is 0 Å². The molecule has 0 aromatic rings. The quantitative estimate of drug-likeness (QED) is 0.511. The fourth-order valence-electron chi connectivity index (χ4n) is 0.867. The number of amidine groups is 1. The summed E-state index contributed by atoms with van der Waals surface area (Å²) in [7, 11) is 0. The van der Waals surface area contributed by atoms with Crippen LogP contribution in [-0.4, -0.2) is 36.6 Å². The minimum Gasteiger partial charge on any atom is -0.465 e. The van der Waals surface area contributed by atoms with Crippen molar-refractivity contribution in [2.75, 3.05) is 19.7 Å². The number of amides is 2. The molecule has 0 atom stereocenters. The second-order valence-electron chi connectivity index (χ2n) is 2.36. The highest BCUT2D eigenvalue weighted by Gasteiger charge is 2.10. The Hall–Kier alpha value is -1.26. The van der Waals surface area contributed by atoms with Crippen molar-refractivity contribution in [3.05, 3.63) is 0 Å². The van der Waals surface area contributed by atoms with E-state index >= 15 is 0 Å². The fourth-order valence-corrected chi connectivity index (χ4v) is 0.867. The zero-order chi connectivity index (χ0) is 10.3. The number of rotatable bonds is 3. The topological polar surface area (TPSA) is 65.4 Å². The number of urea groups is 1. The Bertz CT molecular complexity index is 178. The second kappa shape index (κ2) is 6.28. The van der Waals surface area contributed by atoms with Crippen LogP contribution in [0.3, 0.4) is 0 Å². The largest absolute Gasteiger partial charge is 0.465 e. The molecule has 5 heteroatoms. The van der Waals surface area contributed by atoms with E-state index in [0.29, 0.717) is 19.7 Å². The van der Waals surface area contributed by atoms with Crippen LogP contribution in [0.25, 0.3) is 0 Å². The number of carbonyl (C=O) groups excluding carboxylic acids is 1. The van der Waals surface area contributed by atoms with Crippen LogP contribution in [0, 0.1) is 5.41 Å². The van der Waals surface area contributed by atoms with Crippen molar-refractivity contribution < 1.29 is 9.53 Å². The van der Waals surface area contributed by atoms with Crippen LogP contribution < -0.4 is 5.32 Å². The summed E-state index contributed by atoms with van der Waals surface area (Å²) in [5, 5.41) is 9.51. The van der Waals surface area contributed by atoms with Crippen LogP contribution in [0.1, 0.15) is 20.8 Å². The lowest BCUT2D eigenvalue weighted by Crippen LogP contribution is -2.43. The van der Waals surface area contributed by atoms with Crippen LogP contribution >= 0.6 is 0 Å². The summed E-state index contributed by atoms with van der Waals surface area (Å²) in [6, 6.07) is -0.483. The third-order valence-electron chi connectivity index (χ3n) is 1.56. The molecule has 0 fully saturated rings. The van der Waals surface area contributed by atoms with Crippen molar-refractivity contribution in [3.8, 4) is 0 Å². The highest BCUT2D eigenvalue weighted by Crippen LogP contribution is 1.88. The van der Waals surface area contributed by atoms with Crippen molar-refractivity contribution in [3.63, 3.8) is 0 Å². The van der Waals surface area contributed by atoms with Crippen LogP contribution in [0.15, 0.2) is 0 Å². The maximum absolute atomic E-state index is 11.3. The summed E-state index contributed by atoms with van der Waals surface area (Å²) in [4.78, 5) is 12.9. The van der Waals surface area contributed by atoms with Gasteiger partial charge in [-0.25, -0.2) is 4.79 Å². The van der Waals surface area contributed by atoms with Gasteiger partial charge in [0.25, 0.3) is 6.02 Å². The average molecular weight is 187 g/mol. The van der Waals surface area contributed by atoms with Gasteiger partial charge >= 0.3 is 6.03 Å². The summed E-state index contributed by atoms with van der Waals surface area (Å²) >= 11 is 0. The molecule has 13 heavy (non-hydrogen) atoms. The predicted octanol–water partition coefficient (Wildman–Crippen LogP) is 1.01. The smallest absolute Gasteiger partial charge is 0.325 e. The van der Waals surface area contributed by atoms with Gasteiger partial charge in [-0.15, -0.1) is 0 Å². The first-order chi connectivity index (χ1) is 6.15. The maximum Gasteiger partial charge on any atom is 0.325 e. The van der Waals surface area contributed by atoms with Gasteiger partial charge in [-0.3, -0.25) is 10.7 Å². The molecule has 0 aromatic carbocycles. The zero-order valence-electron chi connectivity index (χ0n) is 8.39. The molecule has 0 bridgehead atoms. The lowest BCUT2D eigenvalue weighted by atomic mass is 10.5. The highest BCUT2D eigenvalue weighted by molar-refractivity contribution is 5.91. The number of nitrogens with zero attached hydrogens (tertiary/aromatic N) is 1. The van der Waals surface area contributed by atoms with Gasteiger partial charge in [-0.05, 0) is 20.8 Å². The molecule has 0 aliphatic carbocycles. The summed E-state index contributed by atoms with van der Waals surface area (Å²) in [5.74, 6) is 0. The third kappa shape index (κ3) is 4.35. The van der Waals surface area contributed by atoms with E-state index in [-0.39, 0.29) is 12.1 Å². The SMILES string of the molecule is CCOC(=N)NC(=O)N(CC)CC. The first kappa shape index (κ1) is 11.7. The van der Waals surface area contributed by atoms with E-state index < -0.39 is 0 Å². The normalized spacial score (nSPS) is 9.15. The molecule has 0 unspecified atom stereocenters. The molecule has 0 aliphatic heterocycles. The first-order valence-electron chi connectivity index (χ1n) is 4.42. The minimum atomic E-state index is -0.288. The summed E-state index contributed by atoms with van der Waals surface area (Å²) in [5.41, 5.74) is 0. The fraction of sp³-hybridized carbons (Fsp3) is 0.750. The molecule has 0 aromatic heterocycles. The molecule has 0 spiro atoms. The predicted molar refractivity (Wildman–Crippen MR) is 50.8 cm³/mol. The second-order valence-corrected chi connectivity index (χ2v) is 2.36. The van der Waals surface area contributed by atoms with Crippen LogP contribution in [0.4, 0.5) is 4.79 Å². The van der Waals surface area contributed by atoms with Crippen LogP contribution in [0.5, 0.6) is 0 Å². The van der Waals surface area contributed by atoms with E-state index in [0.717, 1.165) is 0 Å². The number of hydrogen-bond donors (Lipinski definition) is 2. The van der Waals surface area contributed by atoms with Gasteiger partial charge in [0.15, 0.2) is 0 Å². The molecule has 76 valence electrons. The molecule has 2 amide bonds. The first-order valence-corrected chi connectivity index (χ1v) is 4.42. The van der Waals surface area contributed by atoms with Gasteiger partial charge < -0.3 is 9.64 Å². The Kier molecular flexibility index (Phi) is 5.67. The molecule has 0 radical (unpaired) electrons. The Labute approximate surface area is 78.6 Å². The van der Waals surface area contributed by atoms with E-state index in [2.05, 4.69) is 5.32 Å². The van der Waals surface area contributed by atoms with E-state index in [1.165, 1.54) is 0 Å². The van der Waals surface area contributed by atoms with Crippen molar-refractivity contribution >= 4 is 12.1 Å². The average Bonchev–Trinajstić information content (AvgIpc) is 2.06. The van der Waals surface area contributed by atoms with Gasteiger partial charge in [0, 0.05) is 13.1 Å². The van der Waals surface area contributed by atoms with Crippen molar-refractivity contribution in [1.29, 1.82) is 5.41 Å². The molecular weight excluding hydrogens is 170 g/mol. The molecule has 0 aliphatic rings. The summed E-state index contributed by atoms with van der Waals surface area (Å²) in [6.07, 6.45) is 0. The van der Waals surface area contributed by atoms with Crippen LogP contribution in [0.2, 0.25) is 0 Å². The molecule has 0 rings (SSSR count). The molecule has 5 nitrogen and oxygen atoms in total. The van der Waals surface area contributed by atoms with E-state index in [4.69, 9.17) is 10.1 Å². The highest BCUT2D eigenvalue weighted by atomic mass is 16.5. The lowest BCUT2D eigenvalue weighted by molar-refractivity contribution is 0.204. The molecule has 0 saturated carbocycles. The van der Waals surface area contributed by atoms with Gasteiger partial charge in [0.1, 0.15) is 0 Å². The molecule has 0 heterocycles.